The topological polar surface area (TPSA) is 0 Å². The Morgan fingerprint density at radius 3 is 0.786 bits per heavy atom. The molecule has 0 saturated carbocycles. The minimum absolute atomic E-state index is 1.65. The van der Waals surface area contributed by atoms with Crippen molar-refractivity contribution in [3.8, 4) is 24.7 Å². The SMILES string of the molecule is C#CC.C#CC.CC.c1ccccc1. The number of hydrogen-bond acceptors (Lipinski definition) is 0. The van der Waals surface area contributed by atoms with Crippen molar-refractivity contribution in [2.75, 3.05) is 0 Å². The summed E-state index contributed by atoms with van der Waals surface area (Å²) in [5.74, 6) is 4.50. The summed E-state index contributed by atoms with van der Waals surface area (Å²) >= 11 is 0. The molecule has 1 rings (SSSR count). The van der Waals surface area contributed by atoms with E-state index in [9.17, 15) is 0 Å². The van der Waals surface area contributed by atoms with Crippen LogP contribution >= 0.6 is 0 Å². The molecule has 1 aromatic carbocycles. The summed E-state index contributed by atoms with van der Waals surface area (Å²) in [4.78, 5) is 0. The molecule has 0 bridgehead atoms. The molecule has 0 aliphatic carbocycles. The van der Waals surface area contributed by atoms with Crippen molar-refractivity contribution in [1.82, 2.24) is 0 Å². The zero-order chi connectivity index (χ0) is 11.7. The van der Waals surface area contributed by atoms with E-state index in [1.54, 1.807) is 13.8 Å². The van der Waals surface area contributed by atoms with E-state index in [4.69, 9.17) is 0 Å². The molecule has 0 atom stereocenters. The molecule has 0 aliphatic heterocycles. The van der Waals surface area contributed by atoms with Gasteiger partial charge in [0, 0.05) is 0 Å². The van der Waals surface area contributed by atoms with Crippen molar-refractivity contribution in [2.24, 2.45) is 0 Å². The lowest BCUT2D eigenvalue weighted by Gasteiger charge is -1.69. The van der Waals surface area contributed by atoms with Crippen LogP contribution in [0, 0.1) is 24.7 Å². The Kier molecular flexibility index (Phi) is 39.2. The highest BCUT2D eigenvalue weighted by atomic mass is 13.6. The van der Waals surface area contributed by atoms with Crippen molar-refractivity contribution in [3.05, 3.63) is 36.4 Å². The van der Waals surface area contributed by atoms with Gasteiger partial charge in [-0.15, -0.1) is 24.7 Å². The predicted molar refractivity (Wildman–Crippen MR) is 66.8 cm³/mol. The standard InChI is InChI=1S/C6H6.2C3H4.C2H6/c1-2-4-6-5-3-1;2*1-3-2;1-2/h1-6H;2*1H,2H3;1-2H3. The second kappa shape index (κ2) is 30.2. The highest BCUT2D eigenvalue weighted by molar-refractivity contribution is 4.99. The molecule has 76 valence electrons. The third-order valence-electron chi connectivity index (χ3n) is 0.667. The van der Waals surface area contributed by atoms with E-state index in [0.717, 1.165) is 0 Å². The van der Waals surface area contributed by atoms with Crippen molar-refractivity contribution in [2.45, 2.75) is 27.7 Å². The first kappa shape index (κ1) is 18.2. The van der Waals surface area contributed by atoms with Crippen molar-refractivity contribution >= 4 is 0 Å². The quantitative estimate of drug-likeness (QED) is 0.540. The molecule has 1 aromatic rings. The fourth-order valence-corrected chi connectivity index (χ4v) is 0.385. The zero-order valence-corrected chi connectivity index (χ0v) is 9.62. The van der Waals surface area contributed by atoms with Crippen LogP contribution in [0.4, 0.5) is 0 Å². The van der Waals surface area contributed by atoms with Crippen molar-refractivity contribution in [3.63, 3.8) is 0 Å². The molecule has 0 radical (unpaired) electrons. The Hall–Kier alpha value is -1.66. The third-order valence-corrected chi connectivity index (χ3v) is 0.667. The summed E-state index contributed by atoms with van der Waals surface area (Å²) in [6.07, 6.45) is 9.19. The Labute approximate surface area is 89.4 Å². The minimum Gasteiger partial charge on any atom is -0.120 e. The summed E-state index contributed by atoms with van der Waals surface area (Å²) < 4.78 is 0. The molecule has 0 fully saturated rings. The first-order valence-electron chi connectivity index (χ1n) is 4.58. The summed E-state index contributed by atoms with van der Waals surface area (Å²) in [6.45, 7) is 7.31. The van der Waals surface area contributed by atoms with Crippen LogP contribution in [0.2, 0.25) is 0 Å². The maximum atomic E-state index is 4.60. The van der Waals surface area contributed by atoms with Gasteiger partial charge in [0.2, 0.25) is 0 Å². The Bertz CT molecular complexity index is 182. The second-order valence-corrected chi connectivity index (χ2v) is 1.73. The number of hydrogen-bond donors (Lipinski definition) is 0. The smallest absolute Gasteiger partial charge is 0.00297 e. The van der Waals surface area contributed by atoms with Crippen LogP contribution in [-0.2, 0) is 0 Å². The van der Waals surface area contributed by atoms with E-state index in [-0.39, 0.29) is 0 Å². The lowest BCUT2D eigenvalue weighted by Crippen LogP contribution is -1.47. The van der Waals surface area contributed by atoms with E-state index in [1.807, 2.05) is 50.2 Å². The summed E-state index contributed by atoms with van der Waals surface area (Å²) in [5, 5.41) is 0. The highest BCUT2D eigenvalue weighted by Gasteiger charge is 1.57. The molecule has 0 aromatic heterocycles. The number of rotatable bonds is 0. The first-order chi connectivity index (χ1) is 6.83. The van der Waals surface area contributed by atoms with Gasteiger partial charge in [0.25, 0.3) is 0 Å². The third kappa shape index (κ3) is 47.9. The fourth-order valence-electron chi connectivity index (χ4n) is 0.385. The lowest BCUT2D eigenvalue weighted by molar-refractivity contribution is 1.50. The molecule has 0 spiro atoms. The van der Waals surface area contributed by atoms with Gasteiger partial charge in [-0.25, -0.2) is 0 Å². The van der Waals surface area contributed by atoms with Gasteiger partial charge in [-0.05, 0) is 13.8 Å². The summed E-state index contributed by atoms with van der Waals surface area (Å²) in [6, 6.07) is 12.0. The maximum absolute atomic E-state index is 4.60. The molecule has 0 N–H and O–H groups in total. The van der Waals surface area contributed by atoms with Gasteiger partial charge in [0.1, 0.15) is 0 Å². The fraction of sp³-hybridized carbons (Fsp3) is 0.286. The average molecular weight is 188 g/mol. The average Bonchev–Trinajstić information content (AvgIpc) is 2.26. The normalized spacial score (nSPS) is 5.00. The van der Waals surface area contributed by atoms with Gasteiger partial charge in [-0.1, -0.05) is 50.2 Å². The summed E-state index contributed by atoms with van der Waals surface area (Å²) in [5.41, 5.74) is 0. The van der Waals surface area contributed by atoms with Crippen molar-refractivity contribution < 1.29 is 0 Å². The molecule has 0 nitrogen and oxygen atoms in total. The first-order valence-corrected chi connectivity index (χ1v) is 4.58. The van der Waals surface area contributed by atoms with E-state index in [2.05, 4.69) is 24.7 Å². The van der Waals surface area contributed by atoms with Gasteiger partial charge in [0.05, 0.1) is 0 Å². The zero-order valence-electron chi connectivity index (χ0n) is 9.62. The lowest BCUT2D eigenvalue weighted by atomic mass is 10.4. The number of terminal acetylenes is 2. The van der Waals surface area contributed by atoms with E-state index in [1.165, 1.54) is 0 Å². The largest absolute Gasteiger partial charge is 0.120 e. The molecular weight excluding hydrogens is 168 g/mol. The van der Waals surface area contributed by atoms with Crippen LogP contribution in [-0.4, -0.2) is 0 Å². The Balaban J connectivity index is -0.000000132. The van der Waals surface area contributed by atoms with Gasteiger partial charge < -0.3 is 0 Å². The van der Waals surface area contributed by atoms with Gasteiger partial charge in [0.15, 0.2) is 0 Å². The second-order valence-electron chi connectivity index (χ2n) is 1.73. The van der Waals surface area contributed by atoms with Crippen LogP contribution in [0.15, 0.2) is 36.4 Å². The van der Waals surface area contributed by atoms with Crippen LogP contribution in [0.5, 0.6) is 0 Å². The predicted octanol–water partition coefficient (Wildman–Crippen LogP) is 3.99. The molecular formula is C14H20. The van der Waals surface area contributed by atoms with Crippen LogP contribution in [0.25, 0.3) is 0 Å². The van der Waals surface area contributed by atoms with Crippen LogP contribution < -0.4 is 0 Å². The van der Waals surface area contributed by atoms with Crippen molar-refractivity contribution in [1.29, 1.82) is 0 Å². The van der Waals surface area contributed by atoms with Gasteiger partial charge >= 0.3 is 0 Å². The van der Waals surface area contributed by atoms with E-state index in [0.29, 0.717) is 0 Å². The van der Waals surface area contributed by atoms with Crippen LogP contribution in [0.1, 0.15) is 27.7 Å². The minimum atomic E-state index is 1.65. The Morgan fingerprint density at radius 2 is 0.714 bits per heavy atom. The van der Waals surface area contributed by atoms with E-state index >= 15 is 0 Å². The maximum Gasteiger partial charge on any atom is -0.00297 e. The van der Waals surface area contributed by atoms with E-state index < -0.39 is 0 Å². The number of benzene rings is 1. The molecule has 14 heavy (non-hydrogen) atoms. The molecule has 0 heterocycles. The monoisotopic (exact) mass is 188 g/mol. The summed E-state index contributed by atoms with van der Waals surface area (Å²) in [7, 11) is 0. The molecule has 0 amide bonds. The Morgan fingerprint density at radius 1 is 0.643 bits per heavy atom. The van der Waals surface area contributed by atoms with Gasteiger partial charge in [-0.2, -0.15) is 0 Å². The molecule has 0 saturated heterocycles. The van der Waals surface area contributed by atoms with Gasteiger partial charge in [-0.3, -0.25) is 0 Å². The highest BCUT2D eigenvalue weighted by Crippen LogP contribution is 1.79. The molecule has 0 unspecified atom stereocenters. The van der Waals surface area contributed by atoms with Crippen LogP contribution in [0.3, 0.4) is 0 Å². The molecule has 0 heteroatoms. The molecule has 0 aliphatic rings.